The van der Waals surface area contributed by atoms with Gasteiger partial charge in [0.25, 0.3) is 0 Å². The quantitative estimate of drug-likeness (QED) is 0.628. The van der Waals surface area contributed by atoms with E-state index >= 15 is 0 Å². The second kappa shape index (κ2) is 3.82. The van der Waals surface area contributed by atoms with Crippen molar-refractivity contribution in [2.75, 3.05) is 0 Å². The van der Waals surface area contributed by atoms with Crippen LogP contribution < -0.4 is 4.74 Å². The van der Waals surface area contributed by atoms with Crippen molar-refractivity contribution in [3.05, 3.63) is 53.3 Å². The maximum absolute atomic E-state index is 5.91. The molecule has 0 saturated carbocycles. The third kappa shape index (κ3) is 1.47. The zero-order chi connectivity index (χ0) is 11.8. The van der Waals surface area contributed by atoms with Gasteiger partial charge in [-0.05, 0) is 26.0 Å². The lowest BCUT2D eigenvalue weighted by molar-refractivity contribution is 0.371. The van der Waals surface area contributed by atoms with Crippen molar-refractivity contribution in [2.24, 2.45) is 0 Å². The molecule has 84 valence electrons. The van der Waals surface area contributed by atoms with Gasteiger partial charge in [0.2, 0.25) is 0 Å². The first-order chi connectivity index (χ1) is 7.61. The lowest BCUT2D eigenvalue weighted by Crippen LogP contribution is -2.28. The summed E-state index contributed by atoms with van der Waals surface area (Å²) >= 11 is 0. The summed E-state index contributed by atoms with van der Waals surface area (Å²) in [7, 11) is 0. The highest BCUT2D eigenvalue weighted by Gasteiger charge is 2.35. The molecule has 0 radical (unpaired) electrons. The van der Waals surface area contributed by atoms with Crippen LogP contribution in [0.1, 0.15) is 33.3 Å². The van der Waals surface area contributed by atoms with E-state index in [1.807, 2.05) is 25.1 Å². The molecule has 1 aliphatic rings. The molecule has 0 saturated heterocycles. The van der Waals surface area contributed by atoms with Crippen LogP contribution in [0.3, 0.4) is 0 Å². The number of hydrogen-bond donors (Lipinski definition) is 0. The molecule has 0 amide bonds. The largest absolute Gasteiger partial charge is 0.457 e. The van der Waals surface area contributed by atoms with Gasteiger partial charge in [-0.3, -0.25) is 0 Å². The van der Waals surface area contributed by atoms with E-state index in [1.54, 1.807) is 0 Å². The van der Waals surface area contributed by atoms with Gasteiger partial charge < -0.3 is 4.74 Å². The summed E-state index contributed by atoms with van der Waals surface area (Å²) in [6.45, 7) is 8.57. The molecule has 1 nitrogen and oxygen atoms in total. The first-order valence-electron chi connectivity index (χ1n) is 5.72. The fourth-order valence-corrected chi connectivity index (χ4v) is 2.42. The highest BCUT2D eigenvalue weighted by Crippen LogP contribution is 2.45. The third-order valence-corrected chi connectivity index (χ3v) is 3.27. The summed E-state index contributed by atoms with van der Waals surface area (Å²) in [6, 6.07) is 8.26. The average molecular weight is 214 g/mol. The first kappa shape index (κ1) is 11.0. The summed E-state index contributed by atoms with van der Waals surface area (Å²) in [5, 5.41) is 0. The van der Waals surface area contributed by atoms with E-state index in [0.29, 0.717) is 0 Å². The van der Waals surface area contributed by atoms with Gasteiger partial charge >= 0.3 is 0 Å². The fraction of sp³-hybridized carbons (Fsp3) is 0.333. The van der Waals surface area contributed by atoms with Gasteiger partial charge in [0, 0.05) is 16.6 Å². The molecule has 0 spiro atoms. The Morgan fingerprint density at radius 3 is 2.38 bits per heavy atom. The van der Waals surface area contributed by atoms with Crippen molar-refractivity contribution in [2.45, 2.75) is 33.1 Å². The van der Waals surface area contributed by atoms with E-state index in [0.717, 1.165) is 11.5 Å². The van der Waals surface area contributed by atoms with E-state index in [9.17, 15) is 0 Å². The number of para-hydroxylation sites is 1. The first-order valence-corrected chi connectivity index (χ1v) is 5.72. The van der Waals surface area contributed by atoms with Gasteiger partial charge in [-0.2, -0.15) is 0 Å². The molecule has 1 heterocycles. The Kier molecular flexibility index (Phi) is 2.63. The molecule has 0 fully saturated rings. The summed E-state index contributed by atoms with van der Waals surface area (Å²) in [4.78, 5) is 0. The fourth-order valence-electron chi connectivity index (χ4n) is 2.42. The number of fused-ring (bicyclic) bond motifs is 1. The Labute approximate surface area is 97.4 Å². The lowest BCUT2D eigenvalue weighted by atomic mass is 9.74. The van der Waals surface area contributed by atoms with E-state index in [-0.39, 0.29) is 5.41 Å². The van der Waals surface area contributed by atoms with Crippen LogP contribution in [0.25, 0.3) is 0 Å². The molecule has 0 bridgehead atoms. The van der Waals surface area contributed by atoms with E-state index in [1.165, 1.54) is 11.1 Å². The molecule has 0 atom stereocenters. The van der Waals surface area contributed by atoms with Crippen LogP contribution in [0, 0.1) is 0 Å². The second-order valence-electron chi connectivity index (χ2n) is 4.58. The van der Waals surface area contributed by atoms with E-state index < -0.39 is 0 Å². The Morgan fingerprint density at radius 1 is 1.06 bits per heavy atom. The minimum atomic E-state index is 0.0193. The van der Waals surface area contributed by atoms with Crippen LogP contribution in [-0.4, -0.2) is 0 Å². The van der Waals surface area contributed by atoms with Crippen LogP contribution in [0.4, 0.5) is 0 Å². The molecule has 0 aromatic heterocycles. The number of ether oxygens (including phenoxy) is 1. The van der Waals surface area contributed by atoms with Crippen LogP contribution in [0.5, 0.6) is 5.75 Å². The van der Waals surface area contributed by atoms with Crippen molar-refractivity contribution < 1.29 is 4.74 Å². The Balaban J connectivity index is 2.67. The topological polar surface area (TPSA) is 9.23 Å². The molecule has 16 heavy (non-hydrogen) atoms. The summed E-state index contributed by atoms with van der Waals surface area (Å²) in [5.74, 6) is 1.96. The SMILES string of the molecule is CC=C1/C(=C\C)Oc2ccccc2C1(C)C. The minimum Gasteiger partial charge on any atom is -0.457 e. The summed E-state index contributed by atoms with van der Waals surface area (Å²) < 4.78 is 5.91. The maximum Gasteiger partial charge on any atom is 0.131 e. The normalized spacial score (nSPS) is 23.0. The van der Waals surface area contributed by atoms with Crippen LogP contribution in [0.2, 0.25) is 0 Å². The number of benzene rings is 1. The summed E-state index contributed by atoms with van der Waals surface area (Å²) in [5.41, 5.74) is 2.54. The highest BCUT2D eigenvalue weighted by atomic mass is 16.5. The third-order valence-electron chi connectivity index (χ3n) is 3.27. The van der Waals surface area contributed by atoms with Gasteiger partial charge in [-0.25, -0.2) is 0 Å². The zero-order valence-electron chi connectivity index (χ0n) is 10.4. The van der Waals surface area contributed by atoms with Crippen molar-refractivity contribution in [1.82, 2.24) is 0 Å². The molecular weight excluding hydrogens is 196 g/mol. The molecule has 0 unspecified atom stereocenters. The molecule has 0 N–H and O–H groups in total. The molecule has 2 rings (SSSR count). The molecule has 1 aliphatic heterocycles. The van der Waals surface area contributed by atoms with Gasteiger partial charge in [0.05, 0.1) is 0 Å². The molecule has 1 aromatic carbocycles. The lowest BCUT2D eigenvalue weighted by Gasteiger charge is -2.36. The Hall–Kier alpha value is -1.50. The standard InChI is InChI=1S/C15H18O/c1-5-11-13(6-2)16-14-10-8-7-9-12(14)15(11,3)4/h5-10H,1-4H3/b11-5?,13-6+. The van der Waals surface area contributed by atoms with Crippen molar-refractivity contribution in [1.29, 1.82) is 0 Å². The van der Waals surface area contributed by atoms with Gasteiger partial charge in [-0.15, -0.1) is 0 Å². The Bertz CT molecular complexity index is 464. The number of allylic oxidation sites excluding steroid dienone is 3. The van der Waals surface area contributed by atoms with Crippen LogP contribution >= 0.6 is 0 Å². The molecule has 0 aliphatic carbocycles. The molecular formula is C15H18O. The maximum atomic E-state index is 5.91. The smallest absolute Gasteiger partial charge is 0.131 e. The van der Waals surface area contributed by atoms with E-state index in [4.69, 9.17) is 4.74 Å². The van der Waals surface area contributed by atoms with Gasteiger partial charge in [-0.1, -0.05) is 38.1 Å². The molecule has 1 heteroatoms. The van der Waals surface area contributed by atoms with Gasteiger partial charge in [0.15, 0.2) is 0 Å². The number of rotatable bonds is 0. The van der Waals surface area contributed by atoms with Crippen molar-refractivity contribution >= 4 is 0 Å². The minimum absolute atomic E-state index is 0.0193. The van der Waals surface area contributed by atoms with Crippen molar-refractivity contribution in [3.63, 3.8) is 0 Å². The summed E-state index contributed by atoms with van der Waals surface area (Å²) in [6.07, 6.45) is 4.18. The average Bonchev–Trinajstić information content (AvgIpc) is 2.28. The van der Waals surface area contributed by atoms with Crippen LogP contribution in [0.15, 0.2) is 47.7 Å². The zero-order valence-corrected chi connectivity index (χ0v) is 10.4. The van der Waals surface area contributed by atoms with E-state index in [2.05, 4.69) is 39.0 Å². The number of hydrogen-bond acceptors (Lipinski definition) is 1. The van der Waals surface area contributed by atoms with Crippen molar-refractivity contribution in [3.8, 4) is 5.75 Å². The van der Waals surface area contributed by atoms with Crippen LogP contribution in [-0.2, 0) is 5.41 Å². The molecule has 1 aromatic rings. The monoisotopic (exact) mass is 214 g/mol. The van der Waals surface area contributed by atoms with Gasteiger partial charge in [0.1, 0.15) is 11.5 Å². The highest BCUT2D eigenvalue weighted by molar-refractivity contribution is 5.54. The Morgan fingerprint density at radius 2 is 1.75 bits per heavy atom. The second-order valence-corrected chi connectivity index (χ2v) is 4.58. The predicted octanol–water partition coefficient (Wildman–Crippen LogP) is 4.21. The predicted molar refractivity (Wildman–Crippen MR) is 67.6 cm³/mol.